The van der Waals surface area contributed by atoms with E-state index < -0.39 is 6.10 Å². The zero-order chi connectivity index (χ0) is 13.1. The van der Waals surface area contributed by atoms with Crippen LogP contribution in [0.2, 0.25) is 0 Å². The third kappa shape index (κ3) is 2.70. The molecular weight excluding hydrogens is 232 g/mol. The van der Waals surface area contributed by atoms with Gasteiger partial charge in [-0.3, -0.25) is 4.68 Å². The van der Waals surface area contributed by atoms with Crippen LogP contribution < -0.4 is 4.74 Å². The number of methoxy groups -OCH3 is 1. The summed E-state index contributed by atoms with van der Waals surface area (Å²) in [5.74, 6) is 0.644. The van der Waals surface area contributed by atoms with Gasteiger partial charge in [-0.1, -0.05) is 0 Å². The summed E-state index contributed by atoms with van der Waals surface area (Å²) in [7, 11) is 5.25. The summed E-state index contributed by atoms with van der Waals surface area (Å²) in [5, 5.41) is 18.4. The Morgan fingerprint density at radius 1 is 1.44 bits per heavy atom. The first-order chi connectivity index (χ1) is 8.60. The van der Waals surface area contributed by atoms with Crippen molar-refractivity contribution in [2.45, 2.75) is 18.9 Å². The van der Waals surface area contributed by atoms with E-state index in [0.29, 0.717) is 18.0 Å². The fourth-order valence-corrected chi connectivity index (χ4v) is 1.88. The smallest absolute Gasteiger partial charge is 0.211 e. The van der Waals surface area contributed by atoms with Crippen LogP contribution in [0.25, 0.3) is 0 Å². The van der Waals surface area contributed by atoms with Gasteiger partial charge in [0.15, 0.2) is 0 Å². The molecule has 0 aliphatic carbocycles. The zero-order valence-corrected chi connectivity index (χ0v) is 10.9. The SMILES string of the molecule is COc1cc(C(O)CCc2cnn(C)c2)nn1C. The second kappa shape index (κ2) is 5.22. The van der Waals surface area contributed by atoms with Crippen molar-refractivity contribution < 1.29 is 9.84 Å². The first-order valence-corrected chi connectivity index (χ1v) is 5.83. The number of nitrogens with zero attached hydrogens (tertiary/aromatic N) is 4. The highest BCUT2D eigenvalue weighted by molar-refractivity contribution is 5.18. The highest BCUT2D eigenvalue weighted by Crippen LogP contribution is 2.21. The predicted octanol–water partition coefficient (Wildman–Crippen LogP) is 0.828. The Balaban J connectivity index is 1.96. The lowest BCUT2D eigenvalue weighted by Crippen LogP contribution is -2.01. The van der Waals surface area contributed by atoms with Gasteiger partial charge in [0, 0.05) is 26.4 Å². The Labute approximate surface area is 106 Å². The second-order valence-electron chi connectivity index (χ2n) is 4.31. The fraction of sp³-hybridized carbons (Fsp3) is 0.500. The quantitative estimate of drug-likeness (QED) is 0.853. The molecule has 1 N–H and O–H groups in total. The molecule has 0 aromatic carbocycles. The van der Waals surface area contributed by atoms with Crippen LogP contribution >= 0.6 is 0 Å². The normalized spacial score (nSPS) is 12.7. The van der Waals surface area contributed by atoms with Crippen LogP contribution in [-0.2, 0) is 20.5 Å². The predicted molar refractivity (Wildman–Crippen MR) is 66.2 cm³/mol. The molecule has 1 atom stereocenters. The maximum absolute atomic E-state index is 10.1. The molecule has 0 saturated carbocycles. The molecule has 2 rings (SSSR count). The molecule has 0 amide bonds. The van der Waals surface area contributed by atoms with Crippen LogP contribution in [0.1, 0.15) is 23.8 Å². The molecule has 0 aliphatic rings. The first kappa shape index (κ1) is 12.6. The van der Waals surface area contributed by atoms with Gasteiger partial charge in [-0.05, 0) is 18.4 Å². The molecule has 18 heavy (non-hydrogen) atoms. The number of rotatable bonds is 5. The van der Waals surface area contributed by atoms with Gasteiger partial charge < -0.3 is 9.84 Å². The number of hydrogen-bond acceptors (Lipinski definition) is 4. The van der Waals surface area contributed by atoms with Gasteiger partial charge in [0.25, 0.3) is 0 Å². The van der Waals surface area contributed by atoms with Crippen LogP contribution in [0.4, 0.5) is 0 Å². The molecule has 0 saturated heterocycles. The van der Waals surface area contributed by atoms with E-state index in [1.165, 1.54) is 0 Å². The van der Waals surface area contributed by atoms with Gasteiger partial charge in [-0.2, -0.15) is 10.2 Å². The Kier molecular flexibility index (Phi) is 3.66. The minimum absolute atomic E-state index is 0.583. The molecule has 2 aromatic heterocycles. The molecule has 2 aromatic rings. The van der Waals surface area contributed by atoms with Gasteiger partial charge in [-0.25, -0.2) is 4.68 Å². The Bertz CT molecular complexity index is 518. The van der Waals surface area contributed by atoms with E-state index >= 15 is 0 Å². The van der Waals surface area contributed by atoms with Gasteiger partial charge >= 0.3 is 0 Å². The topological polar surface area (TPSA) is 65.1 Å². The average Bonchev–Trinajstić information content (AvgIpc) is 2.92. The Hall–Kier alpha value is -1.82. The minimum atomic E-state index is -0.583. The zero-order valence-electron chi connectivity index (χ0n) is 10.9. The molecule has 2 heterocycles. The van der Waals surface area contributed by atoms with Crippen LogP contribution in [0, 0.1) is 0 Å². The molecule has 0 spiro atoms. The molecule has 98 valence electrons. The fourth-order valence-electron chi connectivity index (χ4n) is 1.88. The lowest BCUT2D eigenvalue weighted by atomic mass is 10.1. The molecule has 0 aliphatic heterocycles. The van der Waals surface area contributed by atoms with Gasteiger partial charge in [0.1, 0.15) is 0 Å². The van der Waals surface area contributed by atoms with E-state index in [2.05, 4.69) is 10.2 Å². The van der Waals surface area contributed by atoms with E-state index in [-0.39, 0.29) is 0 Å². The average molecular weight is 250 g/mol. The van der Waals surface area contributed by atoms with Crippen molar-refractivity contribution in [3.05, 3.63) is 29.7 Å². The third-order valence-corrected chi connectivity index (χ3v) is 2.87. The van der Waals surface area contributed by atoms with E-state index in [9.17, 15) is 5.11 Å². The van der Waals surface area contributed by atoms with Crippen molar-refractivity contribution in [1.29, 1.82) is 0 Å². The summed E-state index contributed by atoms with van der Waals surface area (Å²) in [6, 6.07) is 1.76. The van der Waals surface area contributed by atoms with Crippen molar-refractivity contribution in [3.63, 3.8) is 0 Å². The number of aromatic nitrogens is 4. The largest absolute Gasteiger partial charge is 0.481 e. The van der Waals surface area contributed by atoms with Gasteiger partial charge in [0.2, 0.25) is 5.88 Å². The first-order valence-electron chi connectivity index (χ1n) is 5.83. The monoisotopic (exact) mass is 250 g/mol. The van der Waals surface area contributed by atoms with Gasteiger partial charge in [-0.15, -0.1) is 0 Å². The standard InChI is InChI=1S/C12H18N4O2/c1-15-8-9(7-13-15)4-5-11(17)10-6-12(18-3)16(2)14-10/h6-8,11,17H,4-5H2,1-3H3. The lowest BCUT2D eigenvalue weighted by Gasteiger charge is -2.05. The number of aliphatic hydroxyl groups excluding tert-OH is 1. The van der Waals surface area contributed by atoms with Crippen molar-refractivity contribution >= 4 is 0 Å². The summed E-state index contributed by atoms with van der Waals surface area (Å²) in [6.45, 7) is 0. The lowest BCUT2D eigenvalue weighted by molar-refractivity contribution is 0.162. The molecule has 6 heteroatoms. The Morgan fingerprint density at radius 3 is 2.78 bits per heavy atom. The number of aliphatic hydroxyl groups is 1. The van der Waals surface area contributed by atoms with Crippen molar-refractivity contribution in [3.8, 4) is 5.88 Å². The third-order valence-electron chi connectivity index (χ3n) is 2.87. The number of hydrogen-bond donors (Lipinski definition) is 1. The summed E-state index contributed by atoms with van der Waals surface area (Å²) in [5.41, 5.74) is 1.75. The summed E-state index contributed by atoms with van der Waals surface area (Å²) >= 11 is 0. The van der Waals surface area contributed by atoms with Crippen molar-refractivity contribution in [2.75, 3.05) is 7.11 Å². The van der Waals surface area contributed by atoms with Crippen molar-refractivity contribution in [1.82, 2.24) is 19.6 Å². The van der Waals surface area contributed by atoms with Crippen LogP contribution in [0.15, 0.2) is 18.5 Å². The summed E-state index contributed by atoms with van der Waals surface area (Å²) in [6.07, 6.45) is 4.57. The van der Waals surface area contributed by atoms with E-state index in [4.69, 9.17) is 4.74 Å². The highest BCUT2D eigenvalue weighted by Gasteiger charge is 2.14. The van der Waals surface area contributed by atoms with Crippen molar-refractivity contribution in [2.24, 2.45) is 14.1 Å². The highest BCUT2D eigenvalue weighted by atomic mass is 16.5. The van der Waals surface area contributed by atoms with Crippen LogP contribution in [-0.4, -0.2) is 31.8 Å². The molecule has 0 bridgehead atoms. The van der Waals surface area contributed by atoms with Crippen LogP contribution in [0.5, 0.6) is 5.88 Å². The number of aryl methyl sites for hydroxylation is 3. The Morgan fingerprint density at radius 2 is 2.22 bits per heavy atom. The van der Waals surface area contributed by atoms with E-state index in [1.54, 1.807) is 29.6 Å². The molecule has 0 radical (unpaired) electrons. The second-order valence-corrected chi connectivity index (χ2v) is 4.31. The maximum Gasteiger partial charge on any atom is 0.211 e. The van der Waals surface area contributed by atoms with Crippen LogP contribution in [0.3, 0.4) is 0 Å². The van der Waals surface area contributed by atoms with Gasteiger partial charge in [0.05, 0.1) is 25.1 Å². The maximum atomic E-state index is 10.1. The molecule has 1 unspecified atom stereocenters. The summed E-state index contributed by atoms with van der Waals surface area (Å²) in [4.78, 5) is 0. The summed E-state index contributed by atoms with van der Waals surface area (Å²) < 4.78 is 8.49. The number of ether oxygens (including phenoxy) is 1. The van der Waals surface area contributed by atoms with E-state index in [1.807, 2.05) is 19.4 Å². The molecular formula is C12H18N4O2. The molecule has 6 nitrogen and oxygen atoms in total. The van der Waals surface area contributed by atoms with E-state index in [0.717, 1.165) is 12.0 Å². The molecule has 0 fully saturated rings. The minimum Gasteiger partial charge on any atom is -0.481 e.